The second-order valence-corrected chi connectivity index (χ2v) is 9.47. The first-order valence-corrected chi connectivity index (χ1v) is 11.0. The Morgan fingerprint density at radius 1 is 1.17 bits per heavy atom. The highest BCUT2D eigenvalue weighted by molar-refractivity contribution is 8.14. The molecule has 2 aliphatic heterocycles. The number of aliphatic imine (C=N–C) groups is 1. The monoisotopic (exact) mass is 414 g/mol. The van der Waals surface area contributed by atoms with Crippen LogP contribution < -0.4 is 5.32 Å². The van der Waals surface area contributed by atoms with E-state index in [1.807, 2.05) is 44.2 Å². The number of imide groups is 1. The summed E-state index contributed by atoms with van der Waals surface area (Å²) in [4.78, 5) is 45.9. The molecule has 2 heterocycles. The number of thioether (sulfide) groups is 1. The zero-order valence-electron chi connectivity index (χ0n) is 16.8. The Morgan fingerprint density at radius 2 is 1.86 bits per heavy atom. The molecule has 3 fully saturated rings. The first-order valence-electron chi connectivity index (χ1n) is 10.0. The second kappa shape index (κ2) is 7.48. The Kier molecular flexibility index (Phi) is 5.14. The van der Waals surface area contributed by atoms with Crippen molar-refractivity contribution in [1.82, 2.24) is 15.1 Å². The lowest BCUT2D eigenvalue weighted by Gasteiger charge is -2.31. The average molecular weight is 415 g/mol. The molecule has 0 unspecified atom stereocenters. The molecule has 0 radical (unpaired) electrons. The van der Waals surface area contributed by atoms with Gasteiger partial charge in [0.1, 0.15) is 12.1 Å². The maximum atomic E-state index is 13.2. The van der Waals surface area contributed by atoms with E-state index < -0.39 is 17.1 Å². The molecule has 1 aliphatic carbocycles. The van der Waals surface area contributed by atoms with Gasteiger partial charge in [-0.15, -0.1) is 0 Å². The number of benzene rings is 1. The first-order chi connectivity index (χ1) is 13.8. The average Bonchev–Trinajstić information content (AvgIpc) is 3.34. The first kappa shape index (κ1) is 19.9. The van der Waals surface area contributed by atoms with Gasteiger partial charge < -0.3 is 5.32 Å². The van der Waals surface area contributed by atoms with Crippen LogP contribution in [0.2, 0.25) is 0 Å². The molecule has 1 N–H and O–H groups in total. The Bertz CT molecular complexity index is 862. The maximum absolute atomic E-state index is 13.2. The molecule has 4 amide bonds. The van der Waals surface area contributed by atoms with E-state index in [1.165, 1.54) is 11.8 Å². The number of amides is 4. The summed E-state index contributed by atoms with van der Waals surface area (Å²) in [6.45, 7) is 4.19. The van der Waals surface area contributed by atoms with Crippen LogP contribution in [0.25, 0.3) is 0 Å². The molecule has 8 heteroatoms. The van der Waals surface area contributed by atoms with Crippen LogP contribution >= 0.6 is 11.8 Å². The normalized spacial score (nSPS) is 24.0. The van der Waals surface area contributed by atoms with Crippen LogP contribution in [0.5, 0.6) is 0 Å². The summed E-state index contributed by atoms with van der Waals surface area (Å²) in [6.07, 6.45) is 3.13. The lowest BCUT2D eigenvalue weighted by atomic mass is 9.98. The van der Waals surface area contributed by atoms with E-state index in [4.69, 9.17) is 0 Å². The standard InChI is InChI=1S/C21H26N4O3S/c1-20(2)14-29-19(22-12-15-8-4-3-5-9-15)25(20)16(26)13-24-17(27)21(23-18(24)28)10-6-7-11-21/h3-5,8-9H,6-7,10-14H2,1-2H3,(H,23,28). The fourth-order valence-corrected chi connectivity index (χ4v) is 5.52. The molecule has 0 aromatic heterocycles. The van der Waals surface area contributed by atoms with Crippen molar-refractivity contribution >= 4 is 34.8 Å². The minimum absolute atomic E-state index is 0.249. The molecule has 1 saturated carbocycles. The summed E-state index contributed by atoms with van der Waals surface area (Å²) in [5.74, 6) is 0.183. The zero-order valence-corrected chi connectivity index (χ0v) is 17.6. The Labute approximate surface area is 174 Å². The number of nitrogens with one attached hydrogen (secondary N) is 1. The fraction of sp³-hybridized carbons (Fsp3) is 0.524. The van der Waals surface area contributed by atoms with E-state index >= 15 is 0 Å². The third-order valence-corrected chi connectivity index (χ3v) is 7.26. The Balaban J connectivity index is 1.51. The lowest BCUT2D eigenvalue weighted by molar-refractivity contribution is -0.138. The number of hydrogen-bond donors (Lipinski definition) is 1. The van der Waals surface area contributed by atoms with Gasteiger partial charge in [-0.05, 0) is 32.3 Å². The number of amidine groups is 1. The van der Waals surface area contributed by atoms with Crippen molar-refractivity contribution in [1.29, 1.82) is 0 Å². The minimum Gasteiger partial charge on any atom is -0.323 e. The topological polar surface area (TPSA) is 82.1 Å². The van der Waals surface area contributed by atoms with Crippen molar-refractivity contribution in [3.05, 3.63) is 35.9 Å². The number of carbonyl (C=O) groups is 3. The third kappa shape index (κ3) is 3.66. The van der Waals surface area contributed by atoms with Crippen molar-refractivity contribution < 1.29 is 14.4 Å². The Hall–Kier alpha value is -2.35. The summed E-state index contributed by atoms with van der Waals surface area (Å²) < 4.78 is 0. The van der Waals surface area contributed by atoms with Gasteiger partial charge in [0.15, 0.2) is 5.17 Å². The predicted octanol–water partition coefficient (Wildman–Crippen LogP) is 2.76. The van der Waals surface area contributed by atoms with Crippen LogP contribution in [-0.4, -0.2) is 56.2 Å². The number of nitrogens with zero attached hydrogens (tertiary/aromatic N) is 3. The molecule has 7 nitrogen and oxygen atoms in total. The van der Waals surface area contributed by atoms with Crippen LogP contribution in [0.3, 0.4) is 0 Å². The molecular weight excluding hydrogens is 388 g/mol. The summed E-state index contributed by atoms with van der Waals surface area (Å²) in [5.41, 5.74) is -0.159. The van der Waals surface area contributed by atoms with E-state index in [-0.39, 0.29) is 18.4 Å². The van der Waals surface area contributed by atoms with Crippen molar-refractivity contribution in [2.45, 2.75) is 57.2 Å². The van der Waals surface area contributed by atoms with Gasteiger partial charge in [-0.3, -0.25) is 24.4 Å². The smallest absolute Gasteiger partial charge is 0.323 e. The van der Waals surface area contributed by atoms with Crippen LogP contribution in [-0.2, 0) is 16.1 Å². The van der Waals surface area contributed by atoms with E-state index in [2.05, 4.69) is 10.3 Å². The van der Waals surface area contributed by atoms with E-state index in [9.17, 15) is 14.4 Å². The van der Waals surface area contributed by atoms with Crippen LogP contribution in [0, 0.1) is 0 Å². The maximum Gasteiger partial charge on any atom is 0.325 e. The molecule has 29 heavy (non-hydrogen) atoms. The number of rotatable bonds is 4. The van der Waals surface area contributed by atoms with Gasteiger partial charge in [-0.25, -0.2) is 4.79 Å². The fourth-order valence-electron chi connectivity index (χ4n) is 4.28. The highest BCUT2D eigenvalue weighted by Crippen LogP contribution is 2.36. The highest BCUT2D eigenvalue weighted by Gasteiger charge is 2.53. The van der Waals surface area contributed by atoms with Crippen molar-refractivity contribution in [3.8, 4) is 0 Å². The molecule has 2 saturated heterocycles. The molecule has 3 aliphatic rings. The SMILES string of the molecule is CC1(C)CSC(=NCc2ccccc2)N1C(=O)CN1C(=O)NC2(CCCC2)C1=O. The van der Waals surface area contributed by atoms with Gasteiger partial charge >= 0.3 is 6.03 Å². The second-order valence-electron chi connectivity index (χ2n) is 8.53. The van der Waals surface area contributed by atoms with Crippen LogP contribution in [0.15, 0.2) is 35.3 Å². The Morgan fingerprint density at radius 3 is 2.55 bits per heavy atom. The summed E-state index contributed by atoms with van der Waals surface area (Å²) >= 11 is 1.53. The number of hydrogen-bond acceptors (Lipinski definition) is 5. The van der Waals surface area contributed by atoms with Crippen LogP contribution in [0.1, 0.15) is 45.1 Å². The van der Waals surface area contributed by atoms with Crippen molar-refractivity contribution in [3.63, 3.8) is 0 Å². The van der Waals surface area contributed by atoms with Gasteiger partial charge in [0, 0.05) is 5.75 Å². The summed E-state index contributed by atoms with van der Waals surface area (Å²) in [5, 5.41) is 3.48. The number of carbonyl (C=O) groups excluding carboxylic acids is 3. The molecule has 1 aromatic carbocycles. The molecule has 0 bridgehead atoms. The van der Waals surface area contributed by atoms with Gasteiger partial charge in [-0.2, -0.15) is 0 Å². The van der Waals surface area contributed by atoms with Gasteiger partial charge in [0.25, 0.3) is 5.91 Å². The molecular formula is C21H26N4O3S. The minimum atomic E-state index is -0.795. The number of urea groups is 1. The molecule has 1 aromatic rings. The molecule has 0 atom stereocenters. The van der Waals surface area contributed by atoms with Crippen molar-refractivity contribution in [2.24, 2.45) is 4.99 Å². The van der Waals surface area contributed by atoms with E-state index in [1.54, 1.807) is 4.90 Å². The third-order valence-electron chi connectivity index (χ3n) is 5.84. The van der Waals surface area contributed by atoms with Gasteiger partial charge in [0.05, 0.1) is 12.1 Å². The summed E-state index contributed by atoms with van der Waals surface area (Å²) in [7, 11) is 0. The van der Waals surface area contributed by atoms with Crippen molar-refractivity contribution in [2.75, 3.05) is 12.3 Å². The molecule has 1 spiro atoms. The van der Waals surface area contributed by atoms with E-state index in [0.717, 1.165) is 29.1 Å². The van der Waals surface area contributed by atoms with Gasteiger partial charge in [-0.1, -0.05) is 54.9 Å². The van der Waals surface area contributed by atoms with Gasteiger partial charge in [0.2, 0.25) is 5.91 Å². The lowest BCUT2D eigenvalue weighted by Crippen LogP contribution is -2.51. The highest BCUT2D eigenvalue weighted by atomic mass is 32.2. The quantitative estimate of drug-likeness (QED) is 0.768. The molecule has 4 rings (SSSR count). The largest absolute Gasteiger partial charge is 0.325 e. The van der Waals surface area contributed by atoms with E-state index in [0.29, 0.717) is 24.6 Å². The summed E-state index contributed by atoms with van der Waals surface area (Å²) in [6, 6.07) is 9.40. The molecule has 154 valence electrons. The van der Waals surface area contributed by atoms with Crippen LogP contribution in [0.4, 0.5) is 4.79 Å². The predicted molar refractivity (Wildman–Crippen MR) is 112 cm³/mol. The zero-order chi connectivity index (χ0) is 20.6.